The summed E-state index contributed by atoms with van der Waals surface area (Å²) < 4.78 is 0. The van der Waals surface area contributed by atoms with Gasteiger partial charge in [0.2, 0.25) is 11.8 Å². The Kier molecular flexibility index (Phi) is 7.95. The van der Waals surface area contributed by atoms with E-state index >= 15 is 0 Å². The molecule has 2 aromatic rings. The summed E-state index contributed by atoms with van der Waals surface area (Å²) in [5.74, 6) is -2.39. The minimum Gasteiger partial charge on any atom is -0.480 e. The summed E-state index contributed by atoms with van der Waals surface area (Å²) in [6.45, 7) is 5.22. The van der Waals surface area contributed by atoms with Gasteiger partial charge in [-0.1, -0.05) is 74.5 Å². The van der Waals surface area contributed by atoms with Crippen LogP contribution >= 0.6 is 0 Å². The first-order valence-electron chi connectivity index (χ1n) is 9.69. The molecule has 0 aliphatic rings. The molecule has 2 amide bonds. The molecule has 0 unspecified atom stereocenters. The predicted octanol–water partition coefficient (Wildman–Crippen LogP) is 2.94. The molecule has 0 bridgehead atoms. The summed E-state index contributed by atoms with van der Waals surface area (Å²) >= 11 is 0. The molecule has 2 rings (SSSR count). The van der Waals surface area contributed by atoms with Gasteiger partial charge < -0.3 is 15.7 Å². The van der Waals surface area contributed by atoms with Gasteiger partial charge in [0.25, 0.3) is 0 Å². The topological polar surface area (TPSA) is 95.5 Å². The third-order valence-corrected chi connectivity index (χ3v) is 4.62. The summed E-state index contributed by atoms with van der Waals surface area (Å²) in [6.07, 6.45) is 0.416. The van der Waals surface area contributed by atoms with Crippen molar-refractivity contribution in [3.63, 3.8) is 0 Å². The van der Waals surface area contributed by atoms with Gasteiger partial charge in [0.15, 0.2) is 0 Å². The van der Waals surface area contributed by atoms with Crippen molar-refractivity contribution in [2.45, 2.75) is 45.2 Å². The molecule has 0 aliphatic carbocycles. The number of carbonyl (C=O) groups is 3. The van der Waals surface area contributed by atoms with Crippen molar-refractivity contribution in [3.8, 4) is 0 Å². The fraction of sp³-hybridized carbons (Fsp3) is 0.348. The summed E-state index contributed by atoms with van der Waals surface area (Å²) in [7, 11) is 0. The van der Waals surface area contributed by atoms with E-state index in [1.165, 1.54) is 6.92 Å². The number of nitrogens with one attached hydrogen (secondary N) is 2. The molecular weight excluding hydrogens is 368 g/mol. The molecule has 29 heavy (non-hydrogen) atoms. The maximum atomic E-state index is 12.9. The van der Waals surface area contributed by atoms with Gasteiger partial charge in [0, 0.05) is 12.8 Å². The van der Waals surface area contributed by atoms with Gasteiger partial charge in [-0.15, -0.1) is 0 Å². The van der Waals surface area contributed by atoms with Crippen molar-refractivity contribution in [1.29, 1.82) is 0 Å². The second-order valence-electron chi connectivity index (χ2n) is 7.51. The van der Waals surface area contributed by atoms with E-state index in [-0.39, 0.29) is 11.8 Å². The van der Waals surface area contributed by atoms with Crippen LogP contribution in [0.3, 0.4) is 0 Å². The third-order valence-electron chi connectivity index (χ3n) is 4.62. The molecule has 3 N–H and O–H groups in total. The summed E-state index contributed by atoms with van der Waals surface area (Å²) in [4.78, 5) is 36.6. The first-order chi connectivity index (χ1) is 13.8. The quantitative estimate of drug-likeness (QED) is 0.607. The highest BCUT2D eigenvalue weighted by atomic mass is 16.4. The SMILES string of the molecule is CC(=O)N[C@@H](CC(C)C)C(=O)N[C@H](C(=O)O)C(c1ccccc1)c1ccccc1. The predicted molar refractivity (Wildman–Crippen MR) is 111 cm³/mol. The van der Waals surface area contributed by atoms with Crippen molar-refractivity contribution >= 4 is 17.8 Å². The maximum Gasteiger partial charge on any atom is 0.327 e. The van der Waals surface area contributed by atoms with Gasteiger partial charge in [0.1, 0.15) is 12.1 Å². The molecule has 154 valence electrons. The molecule has 0 saturated carbocycles. The molecule has 0 heterocycles. The number of carboxylic acid groups (broad SMARTS) is 1. The average Bonchev–Trinajstić information content (AvgIpc) is 2.67. The Balaban J connectivity index is 2.38. The lowest BCUT2D eigenvalue weighted by Gasteiger charge is -2.28. The molecule has 2 atom stereocenters. The lowest BCUT2D eigenvalue weighted by atomic mass is 9.84. The van der Waals surface area contributed by atoms with Crippen molar-refractivity contribution in [3.05, 3.63) is 71.8 Å². The zero-order chi connectivity index (χ0) is 21.4. The van der Waals surface area contributed by atoms with Crippen LogP contribution in [0.1, 0.15) is 44.2 Å². The van der Waals surface area contributed by atoms with Crippen LogP contribution in [0.5, 0.6) is 0 Å². The number of amides is 2. The number of aliphatic carboxylic acids is 1. The molecule has 0 saturated heterocycles. The molecule has 0 spiro atoms. The minimum absolute atomic E-state index is 0.153. The van der Waals surface area contributed by atoms with Gasteiger partial charge in [-0.25, -0.2) is 4.79 Å². The van der Waals surface area contributed by atoms with E-state index in [1.807, 2.05) is 74.5 Å². The van der Waals surface area contributed by atoms with Crippen LogP contribution < -0.4 is 10.6 Å². The van der Waals surface area contributed by atoms with Crippen molar-refractivity contribution < 1.29 is 19.5 Å². The van der Waals surface area contributed by atoms with E-state index in [4.69, 9.17) is 0 Å². The van der Waals surface area contributed by atoms with Crippen LogP contribution in [0.4, 0.5) is 0 Å². The van der Waals surface area contributed by atoms with Crippen molar-refractivity contribution in [2.24, 2.45) is 5.92 Å². The van der Waals surface area contributed by atoms with Gasteiger partial charge in [-0.2, -0.15) is 0 Å². The van der Waals surface area contributed by atoms with E-state index in [1.54, 1.807) is 0 Å². The lowest BCUT2D eigenvalue weighted by molar-refractivity contribution is -0.142. The normalized spacial score (nSPS) is 13.0. The Labute approximate surface area is 171 Å². The van der Waals surface area contributed by atoms with Crippen molar-refractivity contribution in [2.75, 3.05) is 0 Å². The number of hydrogen-bond donors (Lipinski definition) is 3. The minimum atomic E-state index is -1.18. The van der Waals surface area contributed by atoms with Crippen molar-refractivity contribution in [1.82, 2.24) is 10.6 Å². The van der Waals surface area contributed by atoms with E-state index in [2.05, 4.69) is 10.6 Å². The zero-order valence-corrected chi connectivity index (χ0v) is 17.0. The van der Waals surface area contributed by atoms with Crippen LogP contribution in [0.25, 0.3) is 0 Å². The highest BCUT2D eigenvalue weighted by Crippen LogP contribution is 2.28. The molecule has 0 fully saturated rings. The van der Waals surface area contributed by atoms with Crippen LogP contribution in [-0.4, -0.2) is 35.0 Å². The highest BCUT2D eigenvalue weighted by Gasteiger charge is 2.34. The summed E-state index contributed by atoms with van der Waals surface area (Å²) in [5, 5.41) is 15.3. The Hall–Kier alpha value is -3.15. The van der Waals surface area contributed by atoms with E-state index in [0.717, 1.165) is 11.1 Å². The summed E-state index contributed by atoms with van der Waals surface area (Å²) in [5.41, 5.74) is 1.57. The summed E-state index contributed by atoms with van der Waals surface area (Å²) in [6, 6.07) is 16.5. The molecule has 2 aromatic carbocycles. The smallest absolute Gasteiger partial charge is 0.327 e. The van der Waals surface area contributed by atoms with E-state index < -0.39 is 29.9 Å². The zero-order valence-electron chi connectivity index (χ0n) is 17.0. The third kappa shape index (κ3) is 6.45. The fourth-order valence-electron chi connectivity index (χ4n) is 3.39. The Morgan fingerprint density at radius 3 is 1.72 bits per heavy atom. The second kappa shape index (κ2) is 10.4. The van der Waals surface area contributed by atoms with Crippen LogP contribution in [0.2, 0.25) is 0 Å². The molecule has 6 nitrogen and oxygen atoms in total. The first-order valence-corrected chi connectivity index (χ1v) is 9.69. The molecule has 0 radical (unpaired) electrons. The van der Waals surface area contributed by atoms with E-state index in [9.17, 15) is 19.5 Å². The number of benzene rings is 2. The lowest BCUT2D eigenvalue weighted by Crippen LogP contribution is -2.53. The van der Waals surface area contributed by atoms with Gasteiger partial charge >= 0.3 is 5.97 Å². The Morgan fingerprint density at radius 2 is 1.34 bits per heavy atom. The van der Waals surface area contributed by atoms with Gasteiger partial charge in [-0.3, -0.25) is 9.59 Å². The highest BCUT2D eigenvalue weighted by molar-refractivity contribution is 5.90. The largest absolute Gasteiger partial charge is 0.480 e. The number of hydrogen-bond acceptors (Lipinski definition) is 3. The van der Waals surface area contributed by atoms with Crippen LogP contribution in [0, 0.1) is 5.92 Å². The number of carboxylic acids is 1. The number of rotatable bonds is 9. The molecule has 0 aliphatic heterocycles. The van der Waals surface area contributed by atoms with Gasteiger partial charge in [0.05, 0.1) is 0 Å². The monoisotopic (exact) mass is 396 g/mol. The molecule has 6 heteroatoms. The Bertz CT molecular complexity index is 782. The van der Waals surface area contributed by atoms with E-state index in [0.29, 0.717) is 6.42 Å². The fourth-order valence-corrected chi connectivity index (χ4v) is 3.39. The second-order valence-corrected chi connectivity index (χ2v) is 7.51. The average molecular weight is 396 g/mol. The van der Waals surface area contributed by atoms with Crippen LogP contribution in [0.15, 0.2) is 60.7 Å². The van der Waals surface area contributed by atoms with Crippen LogP contribution in [-0.2, 0) is 14.4 Å². The first kappa shape index (κ1) is 22.1. The van der Waals surface area contributed by atoms with Gasteiger partial charge in [-0.05, 0) is 23.5 Å². The molecule has 0 aromatic heterocycles. The molecular formula is C23H28N2O4. The number of carbonyl (C=O) groups excluding carboxylic acids is 2. The maximum absolute atomic E-state index is 12.9. The Morgan fingerprint density at radius 1 is 0.862 bits per heavy atom. The standard InChI is InChI=1S/C23H28N2O4/c1-15(2)14-19(24-16(3)26)22(27)25-21(23(28)29)20(17-10-6-4-7-11-17)18-12-8-5-9-13-18/h4-13,15,19-21H,14H2,1-3H3,(H,24,26)(H,25,27)(H,28,29)/t19-,21-/m0/s1.